The lowest BCUT2D eigenvalue weighted by molar-refractivity contribution is -0.127. The minimum absolute atomic E-state index is 0.0667. The van der Waals surface area contributed by atoms with E-state index in [1.54, 1.807) is 32.4 Å². The number of likely N-dealkylation sites (N-methyl/N-ethyl adjacent to an activating group) is 1. The number of nitrogens with zero attached hydrogens (tertiary/aromatic N) is 3. The highest BCUT2D eigenvalue weighted by atomic mass is 16.3. The molecule has 144 valence electrons. The molecule has 3 N–H and O–H groups in total. The van der Waals surface area contributed by atoms with Crippen molar-refractivity contribution in [1.82, 2.24) is 20.2 Å². The van der Waals surface area contributed by atoms with E-state index in [9.17, 15) is 14.7 Å². The lowest BCUT2D eigenvalue weighted by Crippen LogP contribution is -2.36. The second-order valence-corrected chi connectivity index (χ2v) is 7.06. The van der Waals surface area contributed by atoms with Crippen molar-refractivity contribution in [2.45, 2.75) is 37.8 Å². The fraction of sp³-hybridized carbons (Fsp3) is 0.474. The summed E-state index contributed by atoms with van der Waals surface area (Å²) in [4.78, 5) is 34.5. The van der Waals surface area contributed by atoms with Crippen LogP contribution in [0.15, 0.2) is 24.4 Å². The fourth-order valence-electron chi connectivity index (χ4n) is 3.12. The van der Waals surface area contributed by atoms with E-state index >= 15 is 0 Å². The largest absolute Gasteiger partial charge is 0.393 e. The van der Waals surface area contributed by atoms with Crippen LogP contribution < -0.4 is 10.6 Å². The van der Waals surface area contributed by atoms with Gasteiger partial charge in [0, 0.05) is 31.7 Å². The Hall–Kier alpha value is -2.74. The molecule has 2 amide bonds. The van der Waals surface area contributed by atoms with Gasteiger partial charge in [-0.1, -0.05) is 12.1 Å². The smallest absolute Gasteiger partial charge is 0.253 e. The Balaban J connectivity index is 1.77. The van der Waals surface area contributed by atoms with Crippen LogP contribution in [0.4, 0.5) is 5.95 Å². The molecule has 1 heterocycles. The molecular formula is C19H25N5O3. The Bertz CT molecular complexity index is 831. The summed E-state index contributed by atoms with van der Waals surface area (Å²) in [7, 11) is 3.28. The van der Waals surface area contributed by atoms with Crippen LogP contribution in [0.2, 0.25) is 0 Å². The van der Waals surface area contributed by atoms with Crippen molar-refractivity contribution in [3.63, 3.8) is 0 Å². The first-order valence-corrected chi connectivity index (χ1v) is 9.12. The molecule has 1 aromatic heterocycles. The molecule has 8 nitrogen and oxygen atoms in total. The van der Waals surface area contributed by atoms with Gasteiger partial charge in [0.15, 0.2) is 0 Å². The van der Waals surface area contributed by atoms with Gasteiger partial charge in [0.25, 0.3) is 5.91 Å². The molecule has 1 aliphatic rings. The van der Waals surface area contributed by atoms with E-state index in [4.69, 9.17) is 0 Å². The SMILES string of the molecule is CN(C)C(=O)CNC(=O)c1cccc2cnc(NC3CCC(O)CC3)nc12. The van der Waals surface area contributed by atoms with Crippen LogP contribution in [0.3, 0.4) is 0 Å². The quantitative estimate of drug-likeness (QED) is 0.728. The third kappa shape index (κ3) is 4.71. The van der Waals surface area contributed by atoms with Crippen LogP contribution in [0.1, 0.15) is 36.0 Å². The Morgan fingerprint density at radius 1 is 1.22 bits per heavy atom. The average molecular weight is 371 g/mol. The van der Waals surface area contributed by atoms with Crippen molar-refractivity contribution >= 4 is 28.7 Å². The summed E-state index contributed by atoms with van der Waals surface area (Å²) in [6, 6.07) is 5.51. The molecule has 1 fully saturated rings. The Labute approximate surface area is 158 Å². The number of carbonyl (C=O) groups is 2. The third-order valence-corrected chi connectivity index (χ3v) is 4.78. The van der Waals surface area contributed by atoms with Crippen molar-refractivity contribution in [3.8, 4) is 0 Å². The normalized spacial score (nSPS) is 19.5. The number of para-hydroxylation sites is 1. The number of aliphatic hydroxyl groups excluding tert-OH is 1. The Kier molecular flexibility index (Phi) is 5.85. The van der Waals surface area contributed by atoms with E-state index in [1.165, 1.54) is 4.90 Å². The molecular weight excluding hydrogens is 346 g/mol. The van der Waals surface area contributed by atoms with Gasteiger partial charge in [-0.25, -0.2) is 9.97 Å². The van der Waals surface area contributed by atoms with Crippen LogP contribution in [0.5, 0.6) is 0 Å². The second kappa shape index (κ2) is 8.30. The maximum atomic E-state index is 12.5. The first-order valence-electron chi connectivity index (χ1n) is 9.12. The van der Waals surface area contributed by atoms with Crippen LogP contribution >= 0.6 is 0 Å². The van der Waals surface area contributed by atoms with Crippen molar-refractivity contribution in [2.75, 3.05) is 26.0 Å². The number of aliphatic hydroxyl groups is 1. The summed E-state index contributed by atoms with van der Waals surface area (Å²) in [5, 5.41) is 16.3. The highest BCUT2D eigenvalue weighted by Gasteiger charge is 2.20. The third-order valence-electron chi connectivity index (χ3n) is 4.78. The first-order chi connectivity index (χ1) is 12.9. The highest BCUT2D eigenvalue weighted by Crippen LogP contribution is 2.22. The number of hydrogen-bond acceptors (Lipinski definition) is 6. The predicted octanol–water partition coefficient (Wildman–Crippen LogP) is 1.16. The molecule has 0 radical (unpaired) electrons. The molecule has 2 aromatic rings. The standard InChI is InChI=1S/C19H25N5O3/c1-24(2)16(26)11-20-18(27)15-5-3-4-12-10-21-19(23-17(12)15)22-13-6-8-14(25)9-7-13/h3-5,10,13-14,25H,6-9,11H2,1-2H3,(H,20,27)(H,21,22,23). The highest BCUT2D eigenvalue weighted by molar-refractivity contribution is 6.06. The zero-order chi connectivity index (χ0) is 19.4. The predicted molar refractivity (Wildman–Crippen MR) is 102 cm³/mol. The van der Waals surface area contributed by atoms with Gasteiger partial charge in [0.2, 0.25) is 11.9 Å². The molecule has 1 saturated carbocycles. The number of fused-ring (bicyclic) bond motifs is 1. The number of benzene rings is 1. The molecule has 1 aromatic carbocycles. The van der Waals surface area contributed by atoms with E-state index in [0.29, 0.717) is 17.0 Å². The van der Waals surface area contributed by atoms with Gasteiger partial charge in [0.1, 0.15) is 0 Å². The first kappa shape index (κ1) is 19.0. The summed E-state index contributed by atoms with van der Waals surface area (Å²) in [6.45, 7) is -0.0667. The zero-order valence-corrected chi connectivity index (χ0v) is 15.6. The molecule has 0 spiro atoms. The van der Waals surface area contributed by atoms with Crippen LogP contribution in [0.25, 0.3) is 10.9 Å². The number of hydrogen-bond donors (Lipinski definition) is 3. The molecule has 8 heteroatoms. The van der Waals surface area contributed by atoms with Crippen molar-refractivity contribution in [1.29, 1.82) is 0 Å². The minimum Gasteiger partial charge on any atom is -0.393 e. The number of nitrogens with one attached hydrogen (secondary N) is 2. The van der Waals surface area contributed by atoms with E-state index in [2.05, 4.69) is 20.6 Å². The summed E-state index contributed by atoms with van der Waals surface area (Å²) in [5.41, 5.74) is 0.948. The van der Waals surface area contributed by atoms with Gasteiger partial charge in [-0.3, -0.25) is 9.59 Å². The number of anilines is 1. The van der Waals surface area contributed by atoms with E-state index in [1.807, 2.05) is 6.07 Å². The summed E-state index contributed by atoms with van der Waals surface area (Å²) in [5.74, 6) is -0.0604. The number of amides is 2. The molecule has 0 saturated heterocycles. The summed E-state index contributed by atoms with van der Waals surface area (Å²) >= 11 is 0. The molecule has 0 aliphatic heterocycles. The molecule has 27 heavy (non-hydrogen) atoms. The van der Waals surface area contributed by atoms with Crippen LogP contribution in [0, 0.1) is 0 Å². The number of rotatable bonds is 5. The molecule has 0 bridgehead atoms. The number of carbonyl (C=O) groups excluding carboxylic acids is 2. The maximum absolute atomic E-state index is 12.5. The lowest BCUT2D eigenvalue weighted by atomic mass is 9.93. The second-order valence-electron chi connectivity index (χ2n) is 7.06. The monoisotopic (exact) mass is 371 g/mol. The van der Waals surface area contributed by atoms with E-state index in [0.717, 1.165) is 31.1 Å². The van der Waals surface area contributed by atoms with E-state index in [-0.39, 0.29) is 30.5 Å². The Morgan fingerprint density at radius 3 is 2.67 bits per heavy atom. The molecule has 3 rings (SSSR count). The van der Waals surface area contributed by atoms with Crippen LogP contribution in [-0.4, -0.2) is 64.6 Å². The summed E-state index contributed by atoms with van der Waals surface area (Å²) in [6.07, 6.45) is 4.71. The van der Waals surface area contributed by atoms with Gasteiger partial charge in [-0.05, 0) is 31.7 Å². The van der Waals surface area contributed by atoms with Gasteiger partial charge in [-0.15, -0.1) is 0 Å². The van der Waals surface area contributed by atoms with Crippen molar-refractivity contribution in [3.05, 3.63) is 30.0 Å². The van der Waals surface area contributed by atoms with Gasteiger partial charge in [-0.2, -0.15) is 0 Å². The zero-order valence-electron chi connectivity index (χ0n) is 15.6. The van der Waals surface area contributed by atoms with Crippen molar-refractivity contribution < 1.29 is 14.7 Å². The fourth-order valence-corrected chi connectivity index (χ4v) is 3.12. The average Bonchev–Trinajstić information content (AvgIpc) is 2.67. The summed E-state index contributed by atoms with van der Waals surface area (Å²) < 4.78 is 0. The topological polar surface area (TPSA) is 107 Å². The van der Waals surface area contributed by atoms with Crippen molar-refractivity contribution in [2.24, 2.45) is 0 Å². The minimum atomic E-state index is -0.346. The van der Waals surface area contributed by atoms with E-state index < -0.39 is 0 Å². The molecule has 0 unspecified atom stereocenters. The maximum Gasteiger partial charge on any atom is 0.253 e. The van der Waals surface area contributed by atoms with Gasteiger partial charge < -0.3 is 20.6 Å². The van der Waals surface area contributed by atoms with Gasteiger partial charge >= 0.3 is 0 Å². The van der Waals surface area contributed by atoms with Gasteiger partial charge in [0.05, 0.1) is 23.7 Å². The molecule has 1 aliphatic carbocycles. The Morgan fingerprint density at radius 2 is 1.96 bits per heavy atom. The number of aromatic nitrogens is 2. The van der Waals surface area contributed by atoms with Crippen LogP contribution in [-0.2, 0) is 4.79 Å². The molecule has 0 atom stereocenters. The lowest BCUT2D eigenvalue weighted by Gasteiger charge is -2.26.